The van der Waals surface area contributed by atoms with E-state index in [9.17, 15) is 18.0 Å². The van der Waals surface area contributed by atoms with E-state index in [-0.39, 0.29) is 23.4 Å². The molecule has 0 bridgehead atoms. The highest BCUT2D eigenvalue weighted by Crippen LogP contribution is 2.21. The molecule has 0 aliphatic rings. The van der Waals surface area contributed by atoms with Crippen LogP contribution in [0.3, 0.4) is 0 Å². The van der Waals surface area contributed by atoms with Gasteiger partial charge in [-0.05, 0) is 44.0 Å². The van der Waals surface area contributed by atoms with Crippen molar-refractivity contribution in [1.29, 1.82) is 0 Å². The van der Waals surface area contributed by atoms with Crippen LogP contribution in [0.25, 0.3) is 0 Å². The van der Waals surface area contributed by atoms with Crippen LogP contribution < -0.4 is 15.4 Å². The lowest BCUT2D eigenvalue weighted by molar-refractivity contribution is -0.153. The molecule has 28 heavy (non-hydrogen) atoms. The second-order valence-electron chi connectivity index (χ2n) is 6.31. The number of hydrogen-bond donors (Lipinski definition) is 2. The van der Waals surface area contributed by atoms with Gasteiger partial charge in [0.25, 0.3) is 5.91 Å². The molecule has 0 saturated heterocycles. The number of anilines is 1. The molecule has 9 heteroatoms. The third kappa shape index (κ3) is 6.71. The summed E-state index contributed by atoms with van der Waals surface area (Å²) in [5, 5.41) is 5.87. The zero-order valence-electron chi connectivity index (χ0n) is 15.9. The molecule has 0 radical (unpaired) electrons. The predicted octanol–water partition coefficient (Wildman–Crippen LogP) is 4.04. The molecule has 2 N–H and O–H groups in total. The standard InChI is InChI=1S/C19H23F3N4O2/c1-4-9-23-18-24-12(2)10-16(26-18)17(27)25-13(3)14-5-7-15(8-6-14)28-11-19(20,21)22/h5-8,10,13H,4,9,11H2,1-3H3,(H,25,27)(H,23,24,26). The molecular formula is C19H23F3N4O2. The summed E-state index contributed by atoms with van der Waals surface area (Å²) in [6.07, 6.45) is -3.49. The van der Waals surface area contributed by atoms with Crippen molar-refractivity contribution >= 4 is 11.9 Å². The highest BCUT2D eigenvalue weighted by atomic mass is 19.4. The first-order valence-electron chi connectivity index (χ1n) is 8.88. The van der Waals surface area contributed by atoms with Crippen molar-refractivity contribution in [3.8, 4) is 5.75 Å². The van der Waals surface area contributed by atoms with E-state index in [1.165, 1.54) is 12.1 Å². The van der Waals surface area contributed by atoms with E-state index in [4.69, 9.17) is 0 Å². The molecule has 0 aliphatic carbocycles. The Balaban J connectivity index is 2.01. The molecule has 1 heterocycles. The molecule has 2 aromatic rings. The van der Waals surface area contributed by atoms with Crippen LogP contribution in [0, 0.1) is 6.92 Å². The van der Waals surface area contributed by atoms with E-state index in [1.54, 1.807) is 32.0 Å². The zero-order chi connectivity index (χ0) is 20.7. The maximum atomic E-state index is 12.5. The lowest BCUT2D eigenvalue weighted by Crippen LogP contribution is -2.28. The van der Waals surface area contributed by atoms with E-state index in [0.717, 1.165) is 12.0 Å². The number of halogens is 3. The van der Waals surface area contributed by atoms with Crippen LogP contribution in [0.5, 0.6) is 5.75 Å². The van der Waals surface area contributed by atoms with Gasteiger partial charge in [0.15, 0.2) is 6.61 Å². The number of hydrogen-bond acceptors (Lipinski definition) is 5. The van der Waals surface area contributed by atoms with E-state index < -0.39 is 12.8 Å². The Kier molecular flexibility index (Phi) is 7.19. The molecule has 152 valence electrons. The first kappa shape index (κ1) is 21.5. The number of carbonyl (C=O) groups is 1. The fraction of sp³-hybridized carbons (Fsp3) is 0.421. The van der Waals surface area contributed by atoms with Crippen molar-refractivity contribution in [3.63, 3.8) is 0 Å². The smallest absolute Gasteiger partial charge is 0.422 e. The Morgan fingerprint density at radius 1 is 1.21 bits per heavy atom. The molecule has 1 amide bonds. The summed E-state index contributed by atoms with van der Waals surface area (Å²) in [4.78, 5) is 21.0. The second kappa shape index (κ2) is 9.38. The predicted molar refractivity (Wildman–Crippen MR) is 99.4 cm³/mol. The minimum absolute atomic E-state index is 0.109. The van der Waals surface area contributed by atoms with E-state index in [1.807, 2.05) is 6.92 Å². The number of carbonyl (C=O) groups excluding carboxylic acids is 1. The fourth-order valence-corrected chi connectivity index (χ4v) is 2.37. The zero-order valence-corrected chi connectivity index (χ0v) is 15.9. The lowest BCUT2D eigenvalue weighted by atomic mass is 10.1. The molecule has 0 spiro atoms. The Labute approximate surface area is 161 Å². The van der Waals surface area contributed by atoms with Crippen molar-refractivity contribution in [2.24, 2.45) is 0 Å². The van der Waals surface area contributed by atoms with Crippen LogP contribution in [0.15, 0.2) is 30.3 Å². The van der Waals surface area contributed by atoms with Gasteiger partial charge in [0.1, 0.15) is 11.4 Å². The summed E-state index contributed by atoms with van der Waals surface area (Å²) < 4.78 is 41.3. The number of amides is 1. The summed E-state index contributed by atoms with van der Waals surface area (Å²) in [6.45, 7) is 4.91. The lowest BCUT2D eigenvalue weighted by Gasteiger charge is -2.16. The van der Waals surface area contributed by atoms with Gasteiger partial charge in [-0.1, -0.05) is 19.1 Å². The number of ether oxygens (including phenoxy) is 1. The van der Waals surface area contributed by atoms with Gasteiger partial charge in [0.05, 0.1) is 6.04 Å². The van der Waals surface area contributed by atoms with Gasteiger partial charge in [0.2, 0.25) is 5.95 Å². The van der Waals surface area contributed by atoms with Crippen LogP contribution >= 0.6 is 0 Å². The molecule has 1 atom stereocenters. The molecule has 1 aromatic carbocycles. The average Bonchev–Trinajstić information content (AvgIpc) is 2.64. The second-order valence-corrected chi connectivity index (χ2v) is 6.31. The Hall–Kier alpha value is -2.84. The van der Waals surface area contributed by atoms with Crippen LogP contribution in [0.1, 0.15) is 48.1 Å². The summed E-state index contributed by atoms with van der Waals surface area (Å²) in [7, 11) is 0. The molecule has 1 unspecified atom stereocenters. The number of rotatable bonds is 8. The number of nitrogens with one attached hydrogen (secondary N) is 2. The number of aryl methyl sites for hydroxylation is 1. The molecule has 0 fully saturated rings. The van der Waals surface area contributed by atoms with Crippen molar-refractivity contribution < 1.29 is 22.7 Å². The highest BCUT2D eigenvalue weighted by molar-refractivity contribution is 5.92. The van der Waals surface area contributed by atoms with Gasteiger partial charge in [-0.15, -0.1) is 0 Å². The molecule has 6 nitrogen and oxygen atoms in total. The Bertz CT molecular complexity index is 795. The highest BCUT2D eigenvalue weighted by Gasteiger charge is 2.28. The van der Waals surface area contributed by atoms with Crippen LogP contribution in [0.2, 0.25) is 0 Å². The van der Waals surface area contributed by atoms with Crippen LogP contribution in [-0.4, -0.2) is 35.2 Å². The van der Waals surface area contributed by atoms with Crippen LogP contribution in [0.4, 0.5) is 19.1 Å². The van der Waals surface area contributed by atoms with Gasteiger partial charge in [-0.25, -0.2) is 9.97 Å². The SMILES string of the molecule is CCCNc1nc(C)cc(C(=O)NC(C)c2ccc(OCC(F)(F)F)cc2)n1. The summed E-state index contributed by atoms with van der Waals surface area (Å²) in [5.41, 5.74) is 1.63. The van der Waals surface area contributed by atoms with E-state index in [2.05, 4.69) is 25.3 Å². The molecule has 2 rings (SSSR count). The minimum Gasteiger partial charge on any atom is -0.484 e. The Morgan fingerprint density at radius 3 is 2.50 bits per heavy atom. The number of benzene rings is 1. The third-order valence-electron chi connectivity index (χ3n) is 3.75. The van der Waals surface area contributed by atoms with Crippen molar-refractivity contribution in [2.45, 2.75) is 39.4 Å². The Morgan fingerprint density at radius 2 is 1.89 bits per heavy atom. The maximum absolute atomic E-state index is 12.5. The third-order valence-corrected chi connectivity index (χ3v) is 3.75. The average molecular weight is 396 g/mol. The molecular weight excluding hydrogens is 373 g/mol. The maximum Gasteiger partial charge on any atom is 0.422 e. The fourth-order valence-electron chi connectivity index (χ4n) is 2.37. The monoisotopic (exact) mass is 396 g/mol. The number of aromatic nitrogens is 2. The normalized spacial score (nSPS) is 12.4. The largest absolute Gasteiger partial charge is 0.484 e. The van der Waals surface area contributed by atoms with Crippen molar-refractivity contribution in [3.05, 3.63) is 47.3 Å². The molecule has 0 aliphatic heterocycles. The van der Waals surface area contributed by atoms with Gasteiger partial charge in [0, 0.05) is 12.2 Å². The first-order chi connectivity index (χ1) is 13.2. The number of alkyl halides is 3. The summed E-state index contributed by atoms with van der Waals surface area (Å²) >= 11 is 0. The van der Waals surface area contributed by atoms with E-state index in [0.29, 0.717) is 18.2 Å². The van der Waals surface area contributed by atoms with Gasteiger partial charge in [-0.3, -0.25) is 4.79 Å². The van der Waals surface area contributed by atoms with Crippen molar-refractivity contribution in [1.82, 2.24) is 15.3 Å². The van der Waals surface area contributed by atoms with E-state index >= 15 is 0 Å². The minimum atomic E-state index is -4.39. The summed E-state index contributed by atoms with van der Waals surface area (Å²) in [5.74, 6) is 0.137. The first-order valence-corrected chi connectivity index (χ1v) is 8.88. The molecule has 0 saturated carbocycles. The van der Waals surface area contributed by atoms with Crippen molar-refractivity contribution in [2.75, 3.05) is 18.5 Å². The topological polar surface area (TPSA) is 76.1 Å². The van der Waals surface area contributed by atoms with Crippen LogP contribution in [-0.2, 0) is 0 Å². The summed E-state index contributed by atoms with van der Waals surface area (Å²) in [6, 6.07) is 7.31. The van der Waals surface area contributed by atoms with Gasteiger partial charge < -0.3 is 15.4 Å². The van der Waals surface area contributed by atoms with Gasteiger partial charge in [-0.2, -0.15) is 13.2 Å². The molecule has 1 aromatic heterocycles. The quantitative estimate of drug-likeness (QED) is 0.704. The number of nitrogens with zero attached hydrogens (tertiary/aromatic N) is 2. The van der Waals surface area contributed by atoms with Gasteiger partial charge >= 0.3 is 6.18 Å².